The zero-order valence-electron chi connectivity index (χ0n) is 11.4. The number of carbonyl (C=O) groups excluding carboxylic acids is 2. The molecule has 1 saturated heterocycles. The topological polar surface area (TPSA) is 77.3 Å². The summed E-state index contributed by atoms with van der Waals surface area (Å²) in [5.41, 5.74) is 0.898. The summed E-state index contributed by atoms with van der Waals surface area (Å²) in [6.45, 7) is 2.70. The highest BCUT2D eigenvalue weighted by Crippen LogP contribution is 2.24. The quantitative estimate of drug-likeness (QED) is 0.738. The van der Waals surface area contributed by atoms with Crippen LogP contribution in [0.25, 0.3) is 0 Å². The number of rotatable bonds is 4. The molecule has 1 amide bonds. The fourth-order valence-corrected chi connectivity index (χ4v) is 2.32. The van der Waals surface area contributed by atoms with Crippen LogP contribution in [0.5, 0.6) is 0 Å². The fraction of sp³-hybridized carbons (Fsp3) is 0.667. The molecule has 1 aliphatic rings. The summed E-state index contributed by atoms with van der Waals surface area (Å²) in [7, 11) is 3.07. The lowest BCUT2D eigenvalue weighted by Crippen LogP contribution is -2.26. The molecule has 2 rings (SSSR count). The summed E-state index contributed by atoms with van der Waals surface area (Å²) in [4.78, 5) is 25.3. The zero-order chi connectivity index (χ0) is 14.0. The molecule has 0 bridgehead atoms. The van der Waals surface area contributed by atoms with Gasteiger partial charge >= 0.3 is 5.97 Å². The van der Waals surface area contributed by atoms with E-state index in [0.29, 0.717) is 25.1 Å². The highest BCUT2D eigenvalue weighted by molar-refractivity contribution is 5.88. The molecule has 0 radical (unpaired) electrons. The molecule has 0 aromatic carbocycles. The van der Waals surface area contributed by atoms with Crippen molar-refractivity contribution in [2.24, 2.45) is 0 Å². The Morgan fingerprint density at radius 2 is 2.26 bits per heavy atom. The van der Waals surface area contributed by atoms with Crippen LogP contribution in [0.15, 0.2) is 0 Å². The fourth-order valence-electron chi connectivity index (χ4n) is 2.32. The summed E-state index contributed by atoms with van der Waals surface area (Å²) < 4.78 is 6.28. The average molecular weight is 266 g/mol. The van der Waals surface area contributed by atoms with Crippen molar-refractivity contribution < 1.29 is 14.3 Å². The van der Waals surface area contributed by atoms with Gasteiger partial charge in [-0.1, -0.05) is 18.6 Å². The highest BCUT2D eigenvalue weighted by Gasteiger charge is 2.34. The van der Waals surface area contributed by atoms with Gasteiger partial charge in [-0.25, -0.2) is 9.48 Å². The van der Waals surface area contributed by atoms with Gasteiger partial charge in [0.05, 0.1) is 12.8 Å². The van der Waals surface area contributed by atoms with Gasteiger partial charge in [-0.2, -0.15) is 0 Å². The smallest absolute Gasteiger partial charge is 0.360 e. The molecule has 0 aliphatic carbocycles. The Morgan fingerprint density at radius 1 is 1.53 bits per heavy atom. The van der Waals surface area contributed by atoms with E-state index in [1.807, 2.05) is 6.92 Å². The third kappa shape index (κ3) is 2.32. The van der Waals surface area contributed by atoms with Crippen molar-refractivity contribution in [1.29, 1.82) is 0 Å². The van der Waals surface area contributed by atoms with E-state index in [1.165, 1.54) is 7.11 Å². The second kappa shape index (κ2) is 5.38. The molecular weight excluding hydrogens is 248 g/mol. The number of hydrogen-bond donors (Lipinski definition) is 0. The van der Waals surface area contributed by atoms with Crippen LogP contribution in [0.2, 0.25) is 0 Å². The zero-order valence-corrected chi connectivity index (χ0v) is 11.4. The lowest BCUT2D eigenvalue weighted by molar-refractivity contribution is -0.129. The Hall–Kier alpha value is -1.92. The molecule has 1 aliphatic heterocycles. The van der Waals surface area contributed by atoms with Crippen LogP contribution >= 0.6 is 0 Å². The number of methoxy groups -OCH3 is 1. The van der Waals surface area contributed by atoms with E-state index in [4.69, 9.17) is 4.74 Å². The minimum absolute atomic E-state index is 0.0127. The van der Waals surface area contributed by atoms with Crippen molar-refractivity contribution >= 4 is 11.9 Å². The summed E-state index contributed by atoms with van der Waals surface area (Å²) in [5, 5.41) is 7.87. The van der Waals surface area contributed by atoms with Crippen molar-refractivity contribution in [3.05, 3.63) is 11.4 Å². The van der Waals surface area contributed by atoms with Crippen LogP contribution in [0.3, 0.4) is 0 Å². The number of likely N-dealkylation sites (tertiary alicyclic amines) is 1. The molecule has 7 heteroatoms. The van der Waals surface area contributed by atoms with Crippen LogP contribution < -0.4 is 0 Å². The van der Waals surface area contributed by atoms with E-state index in [2.05, 4.69) is 10.3 Å². The highest BCUT2D eigenvalue weighted by atomic mass is 16.5. The first-order chi connectivity index (χ1) is 9.10. The van der Waals surface area contributed by atoms with Gasteiger partial charge in [0.15, 0.2) is 5.69 Å². The number of ether oxygens (including phenoxy) is 1. The van der Waals surface area contributed by atoms with E-state index in [-0.39, 0.29) is 17.6 Å². The standard InChI is InChI=1S/C12H18N4O3/c1-4-5-8-10(12(18)19-3)13-14-16(8)9-6-7-15(2)11(9)17/h9H,4-7H2,1-3H3. The molecule has 1 fully saturated rings. The van der Waals surface area contributed by atoms with E-state index in [0.717, 1.165) is 6.42 Å². The Labute approximate surface area is 111 Å². The molecule has 7 nitrogen and oxygen atoms in total. The van der Waals surface area contributed by atoms with Gasteiger partial charge in [0.2, 0.25) is 5.91 Å². The first-order valence-electron chi connectivity index (χ1n) is 6.37. The van der Waals surface area contributed by atoms with Gasteiger partial charge in [0.25, 0.3) is 0 Å². The molecule has 1 atom stereocenters. The van der Waals surface area contributed by atoms with Crippen LogP contribution in [0.1, 0.15) is 42.0 Å². The predicted octanol–water partition coefficient (Wildman–Crippen LogP) is 0.420. The van der Waals surface area contributed by atoms with Gasteiger partial charge in [-0.3, -0.25) is 4.79 Å². The number of amides is 1. The Balaban J connectivity index is 2.38. The molecule has 1 aromatic heterocycles. The van der Waals surface area contributed by atoms with Crippen LogP contribution in [-0.4, -0.2) is 52.5 Å². The molecule has 1 aromatic rings. The summed E-state index contributed by atoms with van der Waals surface area (Å²) in [6, 6.07) is -0.350. The van der Waals surface area contributed by atoms with Crippen LogP contribution in [0.4, 0.5) is 0 Å². The van der Waals surface area contributed by atoms with Gasteiger partial charge in [-0.15, -0.1) is 5.10 Å². The molecule has 104 valence electrons. The van der Waals surface area contributed by atoms with Gasteiger partial charge < -0.3 is 9.64 Å². The van der Waals surface area contributed by atoms with E-state index in [9.17, 15) is 9.59 Å². The largest absolute Gasteiger partial charge is 0.464 e. The Morgan fingerprint density at radius 3 is 2.79 bits per heavy atom. The maximum atomic E-state index is 12.0. The third-order valence-electron chi connectivity index (χ3n) is 3.35. The number of likely N-dealkylation sites (N-methyl/N-ethyl adjacent to an activating group) is 1. The molecule has 19 heavy (non-hydrogen) atoms. The van der Waals surface area contributed by atoms with Crippen molar-refractivity contribution in [3.63, 3.8) is 0 Å². The normalized spacial score (nSPS) is 19.0. The SMILES string of the molecule is CCCc1c(C(=O)OC)nnn1C1CCN(C)C1=O. The van der Waals surface area contributed by atoms with Crippen molar-refractivity contribution in [3.8, 4) is 0 Å². The lowest BCUT2D eigenvalue weighted by Gasteiger charge is -2.13. The molecule has 0 spiro atoms. The van der Waals surface area contributed by atoms with E-state index >= 15 is 0 Å². The third-order valence-corrected chi connectivity index (χ3v) is 3.35. The first kappa shape index (κ1) is 13.5. The molecule has 0 N–H and O–H groups in total. The van der Waals surface area contributed by atoms with Crippen LogP contribution in [0, 0.1) is 0 Å². The molecular formula is C12H18N4O3. The molecule has 0 saturated carbocycles. The van der Waals surface area contributed by atoms with Crippen LogP contribution in [-0.2, 0) is 16.0 Å². The number of nitrogens with zero attached hydrogens (tertiary/aromatic N) is 4. The Bertz CT molecular complexity index is 497. The number of carbonyl (C=O) groups is 2. The minimum atomic E-state index is -0.506. The molecule has 1 unspecified atom stereocenters. The summed E-state index contributed by atoms with van der Waals surface area (Å²) in [5.74, 6) is -0.493. The summed E-state index contributed by atoms with van der Waals surface area (Å²) in [6.07, 6.45) is 2.18. The van der Waals surface area contributed by atoms with Gasteiger partial charge in [0, 0.05) is 13.6 Å². The number of esters is 1. The van der Waals surface area contributed by atoms with E-state index in [1.54, 1.807) is 16.6 Å². The predicted molar refractivity (Wildman–Crippen MR) is 66.6 cm³/mol. The van der Waals surface area contributed by atoms with Gasteiger partial charge in [-0.05, 0) is 12.8 Å². The van der Waals surface area contributed by atoms with E-state index < -0.39 is 5.97 Å². The molecule has 2 heterocycles. The monoisotopic (exact) mass is 266 g/mol. The lowest BCUT2D eigenvalue weighted by atomic mass is 10.1. The Kier molecular flexibility index (Phi) is 3.82. The van der Waals surface area contributed by atoms with Crippen molar-refractivity contribution in [2.75, 3.05) is 20.7 Å². The van der Waals surface area contributed by atoms with Crippen molar-refractivity contribution in [1.82, 2.24) is 19.9 Å². The number of hydrogen-bond acceptors (Lipinski definition) is 5. The second-order valence-electron chi connectivity index (χ2n) is 4.64. The maximum absolute atomic E-state index is 12.0. The minimum Gasteiger partial charge on any atom is -0.464 e. The number of aromatic nitrogens is 3. The maximum Gasteiger partial charge on any atom is 0.360 e. The second-order valence-corrected chi connectivity index (χ2v) is 4.64. The first-order valence-corrected chi connectivity index (χ1v) is 6.37. The summed E-state index contributed by atoms with van der Waals surface area (Å²) >= 11 is 0. The van der Waals surface area contributed by atoms with Crippen molar-refractivity contribution in [2.45, 2.75) is 32.2 Å². The average Bonchev–Trinajstić information content (AvgIpc) is 2.95. The van der Waals surface area contributed by atoms with Gasteiger partial charge in [0.1, 0.15) is 6.04 Å².